The summed E-state index contributed by atoms with van der Waals surface area (Å²) in [5, 5.41) is 9.58. The number of halogens is 1. The Balaban J connectivity index is 0.00000420. The number of nitrogens with one attached hydrogen (secondary N) is 3. The zero-order valence-corrected chi connectivity index (χ0v) is 20.1. The monoisotopic (exact) mass is 518 g/mol. The summed E-state index contributed by atoms with van der Waals surface area (Å²) in [7, 11) is 3.26. The fourth-order valence-electron chi connectivity index (χ4n) is 3.33. The van der Waals surface area contributed by atoms with Gasteiger partial charge >= 0.3 is 0 Å². The highest BCUT2D eigenvalue weighted by atomic mass is 127. The average molecular weight is 518 g/mol. The molecule has 3 N–H and O–H groups in total. The van der Waals surface area contributed by atoms with Crippen molar-refractivity contribution in [1.82, 2.24) is 16.0 Å². The van der Waals surface area contributed by atoms with E-state index in [9.17, 15) is 4.79 Å². The number of hydrogen-bond acceptors (Lipinski definition) is 4. The second kappa shape index (κ2) is 14.3. The molecule has 0 aromatic heterocycles. The molecule has 0 unspecified atom stereocenters. The summed E-state index contributed by atoms with van der Waals surface area (Å²) in [6, 6.07) is 6.04. The number of nitrogens with zero attached hydrogens (tertiary/aromatic N) is 1. The lowest BCUT2D eigenvalue weighted by atomic mass is 9.95. The van der Waals surface area contributed by atoms with Gasteiger partial charge < -0.3 is 25.4 Å². The van der Waals surface area contributed by atoms with Crippen LogP contribution in [0.25, 0.3) is 0 Å². The Morgan fingerprint density at radius 3 is 2.55 bits per heavy atom. The molecule has 164 valence electrons. The standard InChI is InChI=1S/C21H34N4O3.HI/c1-4-22-21(23-13-12-20(26)25-17-8-6-5-7-9-17)24-15-16-10-11-18(27-2)14-19(16)28-3;/h10-11,14,17H,4-9,12-13,15H2,1-3H3,(H,25,26)(H2,22,23,24);1H. The molecule has 0 aliphatic heterocycles. The highest BCUT2D eigenvalue weighted by molar-refractivity contribution is 14.0. The van der Waals surface area contributed by atoms with Crippen molar-refractivity contribution in [1.29, 1.82) is 0 Å². The molecule has 29 heavy (non-hydrogen) atoms. The fourth-order valence-corrected chi connectivity index (χ4v) is 3.33. The number of methoxy groups -OCH3 is 2. The molecule has 0 spiro atoms. The van der Waals surface area contributed by atoms with E-state index in [-0.39, 0.29) is 29.9 Å². The predicted octanol–water partition coefficient (Wildman–Crippen LogP) is 3.22. The third-order valence-electron chi connectivity index (χ3n) is 4.86. The molecular formula is C21H35IN4O3. The molecule has 1 amide bonds. The summed E-state index contributed by atoms with van der Waals surface area (Å²) in [4.78, 5) is 16.7. The maximum Gasteiger partial charge on any atom is 0.221 e. The normalized spacial score (nSPS) is 14.5. The number of aliphatic imine (C=N–C) groups is 1. The van der Waals surface area contributed by atoms with E-state index in [1.807, 2.05) is 25.1 Å². The van der Waals surface area contributed by atoms with Crippen molar-refractivity contribution in [3.63, 3.8) is 0 Å². The van der Waals surface area contributed by atoms with Crippen molar-refractivity contribution < 1.29 is 14.3 Å². The number of carbonyl (C=O) groups is 1. The van der Waals surface area contributed by atoms with E-state index in [1.54, 1.807) is 14.2 Å². The van der Waals surface area contributed by atoms with Crippen LogP contribution >= 0.6 is 24.0 Å². The van der Waals surface area contributed by atoms with Gasteiger partial charge in [0.15, 0.2) is 5.96 Å². The smallest absolute Gasteiger partial charge is 0.221 e. The van der Waals surface area contributed by atoms with E-state index >= 15 is 0 Å². The van der Waals surface area contributed by atoms with E-state index in [4.69, 9.17) is 9.47 Å². The van der Waals surface area contributed by atoms with E-state index in [2.05, 4.69) is 20.9 Å². The number of benzene rings is 1. The summed E-state index contributed by atoms with van der Waals surface area (Å²) >= 11 is 0. The van der Waals surface area contributed by atoms with Gasteiger partial charge in [0.1, 0.15) is 11.5 Å². The summed E-state index contributed by atoms with van der Waals surface area (Å²) in [5.74, 6) is 2.28. The Morgan fingerprint density at radius 2 is 1.90 bits per heavy atom. The van der Waals surface area contributed by atoms with Crippen LogP contribution in [0.1, 0.15) is 51.0 Å². The Hall–Kier alpha value is -1.71. The Morgan fingerprint density at radius 1 is 1.14 bits per heavy atom. The van der Waals surface area contributed by atoms with Crippen molar-refractivity contribution in [3.05, 3.63) is 23.8 Å². The molecule has 1 fully saturated rings. The molecule has 1 aliphatic rings. The maximum absolute atomic E-state index is 12.1. The third-order valence-corrected chi connectivity index (χ3v) is 4.86. The second-order valence-corrected chi connectivity index (χ2v) is 6.95. The second-order valence-electron chi connectivity index (χ2n) is 6.95. The highest BCUT2D eigenvalue weighted by Crippen LogP contribution is 2.25. The van der Waals surface area contributed by atoms with Crippen LogP contribution in [0.3, 0.4) is 0 Å². The quantitative estimate of drug-likeness (QED) is 0.266. The lowest BCUT2D eigenvalue weighted by Crippen LogP contribution is -2.41. The van der Waals surface area contributed by atoms with Gasteiger partial charge in [-0.15, -0.1) is 24.0 Å². The minimum atomic E-state index is 0. The van der Waals surface area contributed by atoms with E-state index in [1.165, 1.54) is 19.3 Å². The van der Waals surface area contributed by atoms with Gasteiger partial charge in [0.05, 0.1) is 20.8 Å². The minimum absolute atomic E-state index is 0. The Bertz CT molecular complexity index is 649. The van der Waals surface area contributed by atoms with Crippen LogP contribution < -0.4 is 25.4 Å². The van der Waals surface area contributed by atoms with Gasteiger partial charge in [0.2, 0.25) is 5.91 Å². The molecule has 0 atom stereocenters. The fraction of sp³-hybridized carbons (Fsp3) is 0.619. The first-order valence-electron chi connectivity index (χ1n) is 10.2. The molecule has 0 heterocycles. The van der Waals surface area contributed by atoms with Gasteiger partial charge in [-0.2, -0.15) is 0 Å². The number of ether oxygens (including phenoxy) is 2. The van der Waals surface area contributed by atoms with E-state index in [0.29, 0.717) is 31.5 Å². The first kappa shape index (κ1) is 25.3. The zero-order valence-electron chi connectivity index (χ0n) is 17.8. The zero-order chi connectivity index (χ0) is 20.2. The van der Waals surface area contributed by atoms with Crippen LogP contribution in [0, 0.1) is 0 Å². The number of amides is 1. The number of rotatable bonds is 9. The topological polar surface area (TPSA) is 84.0 Å². The molecule has 0 bridgehead atoms. The van der Waals surface area contributed by atoms with Gasteiger partial charge in [-0.3, -0.25) is 4.79 Å². The third kappa shape index (κ3) is 9.10. The van der Waals surface area contributed by atoms with Crippen molar-refractivity contribution in [3.8, 4) is 11.5 Å². The number of hydrogen-bond donors (Lipinski definition) is 3. The van der Waals surface area contributed by atoms with Crippen LogP contribution in [-0.2, 0) is 11.3 Å². The first-order valence-corrected chi connectivity index (χ1v) is 10.2. The summed E-state index contributed by atoms with van der Waals surface area (Å²) in [6.45, 7) is 3.78. The van der Waals surface area contributed by atoms with Crippen molar-refractivity contribution in [2.75, 3.05) is 27.3 Å². The van der Waals surface area contributed by atoms with Crippen molar-refractivity contribution in [2.45, 2.75) is 58.0 Å². The summed E-state index contributed by atoms with van der Waals surface area (Å²) in [5.41, 5.74) is 0.968. The molecule has 7 nitrogen and oxygen atoms in total. The van der Waals surface area contributed by atoms with Crippen LogP contribution in [0.2, 0.25) is 0 Å². The maximum atomic E-state index is 12.1. The van der Waals surface area contributed by atoms with Crippen LogP contribution in [0.5, 0.6) is 11.5 Å². The molecule has 1 saturated carbocycles. The van der Waals surface area contributed by atoms with Gasteiger partial charge in [-0.25, -0.2) is 4.99 Å². The minimum Gasteiger partial charge on any atom is -0.497 e. The summed E-state index contributed by atoms with van der Waals surface area (Å²) < 4.78 is 10.6. The molecule has 1 aromatic carbocycles. The Labute approximate surface area is 191 Å². The van der Waals surface area contributed by atoms with Crippen LogP contribution in [-0.4, -0.2) is 45.2 Å². The van der Waals surface area contributed by atoms with Crippen LogP contribution in [0.4, 0.5) is 0 Å². The van der Waals surface area contributed by atoms with Gasteiger partial charge in [-0.05, 0) is 31.9 Å². The molecular weight excluding hydrogens is 483 g/mol. The van der Waals surface area contributed by atoms with Crippen LogP contribution in [0.15, 0.2) is 23.2 Å². The molecule has 1 aliphatic carbocycles. The first-order chi connectivity index (χ1) is 13.7. The van der Waals surface area contributed by atoms with Gasteiger partial charge in [0.25, 0.3) is 0 Å². The lowest BCUT2D eigenvalue weighted by molar-refractivity contribution is -0.121. The molecule has 2 rings (SSSR count). The van der Waals surface area contributed by atoms with Crippen molar-refractivity contribution >= 4 is 35.8 Å². The average Bonchev–Trinajstić information content (AvgIpc) is 2.72. The lowest BCUT2D eigenvalue weighted by Gasteiger charge is -2.22. The SMILES string of the molecule is CCNC(=NCc1ccc(OC)cc1OC)NCCC(=O)NC1CCCCC1.I. The van der Waals surface area contributed by atoms with E-state index < -0.39 is 0 Å². The number of guanidine groups is 1. The molecule has 0 radical (unpaired) electrons. The highest BCUT2D eigenvalue weighted by Gasteiger charge is 2.15. The van der Waals surface area contributed by atoms with E-state index in [0.717, 1.165) is 36.4 Å². The Kier molecular flexibility index (Phi) is 12.5. The summed E-state index contributed by atoms with van der Waals surface area (Å²) in [6.07, 6.45) is 6.37. The molecule has 8 heteroatoms. The molecule has 0 saturated heterocycles. The predicted molar refractivity (Wildman–Crippen MR) is 127 cm³/mol. The van der Waals surface area contributed by atoms with Gasteiger partial charge in [-0.1, -0.05) is 19.3 Å². The number of carbonyl (C=O) groups excluding carboxylic acids is 1. The largest absolute Gasteiger partial charge is 0.497 e. The van der Waals surface area contributed by atoms with Crippen molar-refractivity contribution in [2.24, 2.45) is 4.99 Å². The molecule has 1 aromatic rings. The van der Waals surface area contributed by atoms with Gasteiger partial charge in [0, 0.05) is 37.2 Å².